The zero-order valence-corrected chi connectivity index (χ0v) is 10.7. The topological polar surface area (TPSA) is 67.5 Å². The summed E-state index contributed by atoms with van der Waals surface area (Å²) in [6, 6.07) is 5.67. The molecule has 17 heavy (non-hydrogen) atoms. The van der Waals surface area contributed by atoms with Crippen LogP contribution in [0.15, 0.2) is 23.2 Å². The summed E-state index contributed by atoms with van der Waals surface area (Å²) in [5.41, 5.74) is 8.57. The van der Waals surface area contributed by atoms with Gasteiger partial charge in [0.1, 0.15) is 0 Å². The molecule has 1 aromatic carbocycles. The third kappa shape index (κ3) is 2.61. The van der Waals surface area contributed by atoms with Crippen molar-refractivity contribution in [3.05, 3.63) is 23.8 Å². The SMILES string of the molecule is CC(C)c1c(N)cccc1N=C1NC(=O)CS1. The number of nitrogens with two attached hydrogens (primary N) is 1. The molecule has 1 amide bonds. The van der Waals surface area contributed by atoms with Crippen LogP contribution in [0.25, 0.3) is 0 Å². The lowest BCUT2D eigenvalue weighted by atomic mass is 9.99. The van der Waals surface area contributed by atoms with Gasteiger partial charge in [0.15, 0.2) is 5.17 Å². The number of nitrogen functional groups attached to an aromatic ring is 1. The van der Waals surface area contributed by atoms with Crippen molar-refractivity contribution >= 4 is 34.2 Å². The van der Waals surface area contributed by atoms with E-state index in [1.807, 2.05) is 18.2 Å². The zero-order chi connectivity index (χ0) is 12.4. The van der Waals surface area contributed by atoms with Gasteiger partial charge in [0.2, 0.25) is 5.91 Å². The Kier molecular flexibility index (Phi) is 3.38. The van der Waals surface area contributed by atoms with Crippen LogP contribution in [0.4, 0.5) is 11.4 Å². The van der Waals surface area contributed by atoms with Crippen molar-refractivity contribution < 1.29 is 4.79 Å². The smallest absolute Gasteiger partial charge is 0.236 e. The third-order valence-corrected chi connectivity index (χ3v) is 3.38. The van der Waals surface area contributed by atoms with Gasteiger partial charge >= 0.3 is 0 Å². The maximum Gasteiger partial charge on any atom is 0.236 e. The summed E-state index contributed by atoms with van der Waals surface area (Å²) in [5, 5.41) is 3.38. The Labute approximate surface area is 105 Å². The van der Waals surface area contributed by atoms with Crippen LogP contribution in [0, 0.1) is 0 Å². The van der Waals surface area contributed by atoms with Gasteiger partial charge in [-0.2, -0.15) is 0 Å². The summed E-state index contributed by atoms with van der Waals surface area (Å²) in [6.07, 6.45) is 0. The number of amidine groups is 1. The number of carbonyl (C=O) groups is 1. The second-order valence-electron chi connectivity index (χ2n) is 4.19. The number of nitrogens with zero attached hydrogens (tertiary/aromatic N) is 1. The number of anilines is 1. The Bertz CT molecular complexity index is 483. The molecule has 1 aliphatic heterocycles. The highest BCUT2D eigenvalue weighted by Gasteiger charge is 2.18. The molecule has 0 radical (unpaired) electrons. The number of carbonyl (C=O) groups excluding carboxylic acids is 1. The maximum absolute atomic E-state index is 11.1. The van der Waals surface area contributed by atoms with Crippen molar-refractivity contribution in [3.63, 3.8) is 0 Å². The van der Waals surface area contributed by atoms with Gasteiger partial charge in [-0.1, -0.05) is 31.7 Å². The lowest BCUT2D eigenvalue weighted by Crippen LogP contribution is -2.19. The fourth-order valence-corrected chi connectivity index (χ4v) is 2.48. The summed E-state index contributed by atoms with van der Waals surface area (Å²) in [7, 11) is 0. The predicted octanol–water partition coefficient (Wildman–Crippen LogP) is 2.24. The van der Waals surface area contributed by atoms with E-state index in [1.165, 1.54) is 11.8 Å². The number of thioether (sulfide) groups is 1. The summed E-state index contributed by atoms with van der Waals surface area (Å²) in [6.45, 7) is 4.16. The molecule has 5 heteroatoms. The highest BCUT2D eigenvalue weighted by Crippen LogP contribution is 2.32. The molecule has 3 N–H and O–H groups in total. The van der Waals surface area contributed by atoms with Crippen LogP contribution in [-0.4, -0.2) is 16.8 Å². The predicted molar refractivity (Wildman–Crippen MR) is 72.6 cm³/mol. The Morgan fingerprint density at radius 2 is 2.24 bits per heavy atom. The van der Waals surface area contributed by atoms with Gasteiger partial charge in [-0.3, -0.25) is 4.79 Å². The summed E-state index contributed by atoms with van der Waals surface area (Å²) < 4.78 is 0. The van der Waals surface area contributed by atoms with Gasteiger partial charge in [-0.25, -0.2) is 4.99 Å². The molecule has 4 nitrogen and oxygen atoms in total. The molecule has 1 fully saturated rings. The fourth-order valence-electron chi connectivity index (χ4n) is 1.79. The largest absolute Gasteiger partial charge is 0.398 e. The van der Waals surface area contributed by atoms with E-state index in [4.69, 9.17) is 5.73 Å². The average molecular weight is 249 g/mol. The van der Waals surface area contributed by atoms with E-state index in [2.05, 4.69) is 24.2 Å². The van der Waals surface area contributed by atoms with E-state index in [0.29, 0.717) is 16.8 Å². The molecular formula is C12H15N3OS. The molecule has 0 saturated carbocycles. The minimum atomic E-state index is 0.00347. The first kappa shape index (κ1) is 12.0. The van der Waals surface area contributed by atoms with Crippen molar-refractivity contribution in [2.45, 2.75) is 19.8 Å². The van der Waals surface area contributed by atoms with Crippen LogP contribution in [-0.2, 0) is 4.79 Å². The van der Waals surface area contributed by atoms with Crippen LogP contribution >= 0.6 is 11.8 Å². The van der Waals surface area contributed by atoms with E-state index in [-0.39, 0.29) is 5.91 Å². The molecule has 0 bridgehead atoms. The van der Waals surface area contributed by atoms with Crippen LogP contribution < -0.4 is 11.1 Å². The van der Waals surface area contributed by atoms with E-state index >= 15 is 0 Å². The number of rotatable bonds is 2. The Hall–Kier alpha value is -1.49. The summed E-state index contributed by atoms with van der Waals surface area (Å²) >= 11 is 1.42. The van der Waals surface area contributed by atoms with Crippen LogP contribution in [0.1, 0.15) is 25.3 Å². The molecule has 0 spiro atoms. The Morgan fingerprint density at radius 3 is 2.82 bits per heavy atom. The molecule has 0 unspecified atom stereocenters. The van der Waals surface area contributed by atoms with Gasteiger partial charge in [0.25, 0.3) is 0 Å². The van der Waals surface area contributed by atoms with Crippen molar-refractivity contribution in [1.29, 1.82) is 0 Å². The zero-order valence-electron chi connectivity index (χ0n) is 9.86. The number of benzene rings is 1. The molecule has 1 heterocycles. The van der Waals surface area contributed by atoms with Crippen molar-refractivity contribution in [3.8, 4) is 0 Å². The first-order valence-corrected chi connectivity index (χ1v) is 6.46. The van der Waals surface area contributed by atoms with Crippen molar-refractivity contribution in [1.82, 2.24) is 5.32 Å². The molecule has 1 saturated heterocycles. The van der Waals surface area contributed by atoms with Crippen molar-refractivity contribution in [2.75, 3.05) is 11.5 Å². The van der Waals surface area contributed by atoms with Gasteiger partial charge < -0.3 is 11.1 Å². The van der Waals surface area contributed by atoms with Crippen molar-refractivity contribution in [2.24, 2.45) is 4.99 Å². The molecule has 0 aliphatic carbocycles. The quantitative estimate of drug-likeness (QED) is 0.790. The van der Waals surface area contributed by atoms with Crippen LogP contribution in [0.5, 0.6) is 0 Å². The van der Waals surface area contributed by atoms with Gasteiger partial charge in [0.05, 0.1) is 11.4 Å². The van der Waals surface area contributed by atoms with Crippen LogP contribution in [0.3, 0.4) is 0 Å². The second kappa shape index (κ2) is 4.79. The number of hydrogen-bond donors (Lipinski definition) is 2. The highest BCUT2D eigenvalue weighted by molar-refractivity contribution is 8.15. The molecule has 1 aliphatic rings. The lowest BCUT2D eigenvalue weighted by molar-refractivity contribution is -0.116. The lowest BCUT2D eigenvalue weighted by Gasteiger charge is -2.12. The van der Waals surface area contributed by atoms with Gasteiger partial charge in [-0.15, -0.1) is 0 Å². The van der Waals surface area contributed by atoms with Crippen LogP contribution in [0.2, 0.25) is 0 Å². The van der Waals surface area contributed by atoms with E-state index in [0.717, 1.165) is 16.9 Å². The molecule has 2 rings (SSSR count). The molecule has 90 valence electrons. The summed E-state index contributed by atoms with van der Waals surface area (Å²) in [4.78, 5) is 15.6. The normalized spacial score (nSPS) is 17.8. The van der Waals surface area contributed by atoms with E-state index < -0.39 is 0 Å². The standard InChI is InChI=1S/C12H15N3OS/c1-7(2)11-8(13)4-3-5-9(11)14-12-15-10(16)6-17-12/h3-5,7H,6,13H2,1-2H3,(H,14,15,16). The van der Waals surface area contributed by atoms with Gasteiger partial charge in [0, 0.05) is 11.3 Å². The second-order valence-corrected chi connectivity index (χ2v) is 5.15. The number of nitrogens with one attached hydrogen (secondary N) is 1. The van der Waals surface area contributed by atoms with E-state index in [1.54, 1.807) is 0 Å². The average Bonchev–Trinajstić information content (AvgIpc) is 2.63. The molecule has 0 aromatic heterocycles. The molecule has 1 aromatic rings. The summed E-state index contributed by atoms with van der Waals surface area (Å²) in [5.74, 6) is 0.749. The first-order valence-electron chi connectivity index (χ1n) is 5.47. The number of amides is 1. The monoisotopic (exact) mass is 249 g/mol. The minimum Gasteiger partial charge on any atom is -0.398 e. The third-order valence-electron chi connectivity index (χ3n) is 2.50. The molecular weight excluding hydrogens is 234 g/mol. The minimum absolute atomic E-state index is 0.00347. The number of hydrogen-bond acceptors (Lipinski definition) is 4. The Morgan fingerprint density at radius 1 is 1.47 bits per heavy atom. The first-order chi connectivity index (χ1) is 8.08. The maximum atomic E-state index is 11.1. The van der Waals surface area contributed by atoms with E-state index in [9.17, 15) is 4.79 Å². The Balaban J connectivity index is 2.39. The number of aliphatic imine (C=N–C) groups is 1. The fraction of sp³-hybridized carbons (Fsp3) is 0.333. The molecule has 0 atom stereocenters. The highest BCUT2D eigenvalue weighted by atomic mass is 32.2. The van der Waals surface area contributed by atoms with Gasteiger partial charge in [-0.05, 0) is 18.1 Å².